The fourth-order valence-electron chi connectivity index (χ4n) is 2.53. The van der Waals surface area contributed by atoms with E-state index in [0.717, 1.165) is 5.69 Å². The van der Waals surface area contributed by atoms with E-state index in [-0.39, 0.29) is 22.5 Å². The Morgan fingerprint density at radius 3 is 1.58 bits per heavy atom. The number of hydrogen-bond acceptors (Lipinski definition) is 8. The average molecular weight is 458 g/mol. The molecule has 0 saturated heterocycles. The van der Waals surface area contributed by atoms with Crippen LogP contribution in [0.4, 0.5) is 5.69 Å². The van der Waals surface area contributed by atoms with E-state index in [1.54, 1.807) is 53.7 Å². The molecule has 8 heteroatoms. The van der Waals surface area contributed by atoms with Gasteiger partial charge in [-0.2, -0.15) is 9.78 Å². The second-order valence-corrected chi connectivity index (χ2v) is 9.66. The van der Waals surface area contributed by atoms with Gasteiger partial charge in [-0.15, -0.1) is 0 Å². The van der Waals surface area contributed by atoms with Gasteiger partial charge in [0.1, 0.15) is 11.2 Å². The van der Waals surface area contributed by atoms with Crippen molar-refractivity contribution in [3.05, 3.63) is 64.7 Å². The molecule has 8 nitrogen and oxygen atoms in total. The summed E-state index contributed by atoms with van der Waals surface area (Å²) < 4.78 is 0. The Hall–Kier alpha value is -3.23. The molecule has 2 aromatic carbocycles. The first-order chi connectivity index (χ1) is 15.2. The monoisotopic (exact) mass is 457 g/mol. The van der Waals surface area contributed by atoms with Crippen LogP contribution in [-0.4, -0.2) is 43.0 Å². The second-order valence-electron chi connectivity index (χ2n) is 9.66. The van der Waals surface area contributed by atoms with Gasteiger partial charge in [0.25, 0.3) is 0 Å². The number of benzene rings is 2. The van der Waals surface area contributed by atoms with E-state index in [4.69, 9.17) is 19.6 Å². The van der Waals surface area contributed by atoms with Gasteiger partial charge >= 0.3 is 11.9 Å². The van der Waals surface area contributed by atoms with Crippen molar-refractivity contribution in [3.63, 3.8) is 0 Å². The van der Waals surface area contributed by atoms with Crippen molar-refractivity contribution in [2.24, 2.45) is 0 Å². The molecule has 0 atom stereocenters. The molecular weight excluding hydrogens is 426 g/mol. The molecule has 0 bridgehead atoms. The normalized spacial score (nSPS) is 11.6. The maximum atomic E-state index is 13.0. The lowest BCUT2D eigenvalue weighted by atomic mass is 9.98. The molecule has 2 rings (SSSR count). The minimum atomic E-state index is -0.940. The van der Waals surface area contributed by atoms with E-state index in [2.05, 4.69) is 0 Å². The van der Waals surface area contributed by atoms with Crippen LogP contribution in [0, 0.1) is 0 Å². The first-order valence-electron chi connectivity index (χ1n) is 10.4. The third-order valence-electron chi connectivity index (χ3n) is 4.10. The SMILES string of the molecule is CN(C)c1ccc(C(=O)c2ccc(C(=O)OOC(C)(C)C)c(C(=O)OOC(C)(C)C)c2)cc1. The molecule has 0 heterocycles. The van der Waals surface area contributed by atoms with E-state index in [1.807, 2.05) is 31.1 Å². The van der Waals surface area contributed by atoms with Gasteiger partial charge in [-0.25, -0.2) is 9.59 Å². The van der Waals surface area contributed by atoms with Gasteiger partial charge in [-0.1, -0.05) is 6.07 Å². The summed E-state index contributed by atoms with van der Waals surface area (Å²) in [5, 5.41) is 0. The van der Waals surface area contributed by atoms with Crippen LogP contribution in [0.2, 0.25) is 0 Å². The zero-order valence-electron chi connectivity index (χ0n) is 20.3. The van der Waals surface area contributed by atoms with Crippen molar-refractivity contribution in [3.8, 4) is 0 Å². The van der Waals surface area contributed by atoms with Crippen molar-refractivity contribution >= 4 is 23.4 Å². The Labute approximate surface area is 194 Å². The Kier molecular flexibility index (Phi) is 8.00. The Bertz CT molecular complexity index is 1010. The molecule has 0 aliphatic carbocycles. The van der Waals surface area contributed by atoms with Crippen molar-refractivity contribution in [1.29, 1.82) is 0 Å². The fraction of sp³-hybridized carbons (Fsp3) is 0.400. The van der Waals surface area contributed by atoms with Crippen LogP contribution in [0.1, 0.15) is 78.2 Å². The van der Waals surface area contributed by atoms with Gasteiger partial charge in [-0.05, 0) is 77.9 Å². The molecule has 178 valence electrons. The highest BCUT2D eigenvalue weighted by Crippen LogP contribution is 2.21. The number of carbonyl (C=O) groups is 3. The lowest BCUT2D eigenvalue weighted by Crippen LogP contribution is -2.25. The van der Waals surface area contributed by atoms with Crippen LogP contribution in [0.3, 0.4) is 0 Å². The molecule has 0 aliphatic heterocycles. The standard InChI is InChI=1S/C25H31NO7/c1-24(2,3)32-30-22(28)19-14-11-17(15-20(19)23(29)31-33-25(4,5)6)21(27)16-9-12-18(13-10-16)26(7)8/h9-15H,1-8H3. The summed E-state index contributed by atoms with van der Waals surface area (Å²) in [5.41, 5.74) is -0.264. The number of hydrogen-bond donors (Lipinski definition) is 0. The summed E-state index contributed by atoms with van der Waals surface area (Å²) in [6, 6.07) is 11.1. The van der Waals surface area contributed by atoms with Crippen LogP contribution >= 0.6 is 0 Å². The van der Waals surface area contributed by atoms with Crippen molar-refractivity contribution in [1.82, 2.24) is 0 Å². The van der Waals surface area contributed by atoms with Crippen LogP contribution in [0.15, 0.2) is 42.5 Å². The summed E-state index contributed by atoms with van der Waals surface area (Å²) in [6.07, 6.45) is 0. The number of ketones is 1. The summed E-state index contributed by atoms with van der Waals surface area (Å²) in [7, 11) is 3.80. The quantitative estimate of drug-likeness (QED) is 0.334. The fourth-order valence-corrected chi connectivity index (χ4v) is 2.53. The molecule has 0 spiro atoms. The highest BCUT2D eigenvalue weighted by atomic mass is 17.2. The van der Waals surface area contributed by atoms with Crippen molar-refractivity contribution in [2.45, 2.75) is 52.7 Å². The molecule has 2 aromatic rings. The largest absolute Gasteiger partial charge is 0.378 e. The molecular formula is C25H31NO7. The van der Waals surface area contributed by atoms with Gasteiger partial charge in [0.2, 0.25) is 0 Å². The highest BCUT2D eigenvalue weighted by molar-refractivity contribution is 6.11. The molecule has 0 amide bonds. The molecule has 0 saturated carbocycles. The Morgan fingerprint density at radius 2 is 1.12 bits per heavy atom. The van der Waals surface area contributed by atoms with Gasteiger partial charge < -0.3 is 4.90 Å². The summed E-state index contributed by atoms with van der Waals surface area (Å²) in [6.45, 7) is 10.2. The lowest BCUT2D eigenvalue weighted by Gasteiger charge is -2.19. The maximum absolute atomic E-state index is 13.0. The van der Waals surface area contributed by atoms with Crippen LogP contribution in [0.25, 0.3) is 0 Å². The maximum Gasteiger partial charge on any atom is 0.374 e. The molecule has 0 unspecified atom stereocenters. The molecule has 0 aromatic heterocycles. The molecule has 33 heavy (non-hydrogen) atoms. The molecule has 0 aliphatic rings. The summed E-state index contributed by atoms with van der Waals surface area (Å²) in [4.78, 5) is 60.2. The predicted molar refractivity (Wildman–Crippen MR) is 123 cm³/mol. The Balaban J connectivity index is 2.40. The smallest absolute Gasteiger partial charge is 0.374 e. The van der Waals surface area contributed by atoms with E-state index < -0.39 is 23.1 Å². The average Bonchev–Trinajstić information content (AvgIpc) is 2.74. The number of anilines is 1. The zero-order valence-corrected chi connectivity index (χ0v) is 20.3. The van der Waals surface area contributed by atoms with E-state index in [9.17, 15) is 14.4 Å². The Morgan fingerprint density at radius 1 is 0.667 bits per heavy atom. The van der Waals surface area contributed by atoms with Gasteiger partial charge in [0, 0.05) is 30.9 Å². The molecule has 0 N–H and O–H groups in total. The first-order valence-corrected chi connectivity index (χ1v) is 10.4. The second kappa shape index (κ2) is 10.1. The lowest BCUT2D eigenvalue weighted by molar-refractivity contribution is -0.302. The van der Waals surface area contributed by atoms with Crippen molar-refractivity contribution in [2.75, 3.05) is 19.0 Å². The highest BCUT2D eigenvalue weighted by Gasteiger charge is 2.26. The van der Waals surface area contributed by atoms with Gasteiger partial charge in [-0.3, -0.25) is 14.6 Å². The van der Waals surface area contributed by atoms with Crippen molar-refractivity contribution < 1.29 is 33.9 Å². The molecule has 0 fully saturated rings. The van der Waals surface area contributed by atoms with Crippen LogP contribution in [0.5, 0.6) is 0 Å². The number of carbonyl (C=O) groups excluding carboxylic acids is 3. The third kappa shape index (κ3) is 7.69. The summed E-state index contributed by atoms with van der Waals surface area (Å²) in [5.74, 6) is -2.16. The van der Waals surface area contributed by atoms with E-state index in [1.165, 1.54) is 18.2 Å². The third-order valence-corrected chi connectivity index (χ3v) is 4.10. The number of nitrogens with zero attached hydrogens (tertiary/aromatic N) is 1. The summed E-state index contributed by atoms with van der Waals surface area (Å²) >= 11 is 0. The first kappa shape index (κ1) is 26.0. The minimum absolute atomic E-state index is 0.124. The van der Waals surface area contributed by atoms with E-state index in [0.29, 0.717) is 5.56 Å². The number of rotatable bonds is 7. The van der Waals surface area contributed by atoms with Crippen LogP contribution < -0.4 is 4.90 Å². The molecule has 0 radical (unpaired) electrons. The van der Waals surface area contributed by atoms with Gasteiger partial charge in [0.15, 0.2) is 5.78 Å². The van der Waals surface area contributed by atoms with Crippen LogP contribution in [-0.2, 0) is 19.6 Å². The van der Waals surface area contributed by atoms with E-state index >= 15 is 0 Å². The zero-order chi connectivity index (χ0) is 25.0. The predicted octanol–water partition coefficient (Wildman–Crippen LogP) is 4.76. The minimum Gasteiger partial charge on any atom is -0.378 e. The topological polar surface area (TPSA) is 91.4 Å². The van der Waals surface area contributed by atoms with Gasteiger partial charge in [0.05, 0.1) is 11.1 Å².